The summed E-state index contributed by atoms with van der Waals surface area (Å²) in [6, 6.07) is -18.5. The minimum absolute atomic E-state index is 0.699. The van der Waals surface area contributed by atoms with Crippen molar-refractivity contribution in [2.45, 2.75) is 160 Å². The van der Waals surface area contributed by atoms with Gasteiger partial charge in [-0.25, -0.2) is 0 Å². The van der Waals surface area contributed by atoms with Crippen molar-refractivity contribution in [1.29, 1.82) is 0 Å². The van der Waals surface area contributed by atoms with E-state index in [1.54, 1.807) is 0 Å². The van der Waals surface area contributed by atoms with Crippen molar-refractivity contribution in [1.82, 2.24) is 47.9 Å². The summed E-state index contributed by atoms with van der Waals surface area (Å²) in [5.74, 6) is -25.2. The van der Waals surface area contributed by atoms with Crippen molar-refractivity contribution in [3.05, 3.63) is 0 Å². The third-order valence-corrected chi connectivity index (χ3v) is 10.9. The maximum absolute atomic E-state index is 13.7. The standard InChI is InChI=1S/C44H70N10O23/c1-16(2)31(51-37(69)22(9-11-27(59)60)47-36(68)21(8-10-26(57)58)46-35(67)20(45)12-28(61)62)40(72)48-23(13-29(63)64)38(70)52-33(18(5)6)42(74)54-34(19(7)56)43(75)50-25(15-55)39(71)53-32(17(3)4)41(73)49-24(44(76)77)14-30(65)66/h16-25,31-34,55-56H,8-15,45H2,1-7H3,(H,46,67)(H,47,68)(H,48,72)(H,49,73)(H,50,75)(H,51,69)(H,52,70)(H,53,71)(H,54,74)(H,57,58)(H,59,60)(H,61,62)(H,63,64)(H,65,66)(H,76,77)/p-5/t19-,20+,21+,22+,23+,24+,25+,31+,32+,33+,34+/m1/s1. The fourth-order valence-corrected chi connectivity index (χ4v) is 6.65. The first-order chi connectivity index (χ1) is 35.5. The van der Waals surface area contributed by atoms with Crippen LogP contribution in [-0.2, 0) is 71.9 Å². The van der Waals surface area contributed by atoms with Gasteiger partial charge in [-0.2, -0.15) is 0 Å². The molecule has 14 N–H and O–H groups in total. The van der Waals surface area contributed by atoms with Crippen molar-refractivity contribution < 1.29 is 119 Å². The van der Waals surface area contributed by atoms with Crippen LogP contribution in [0.15, 0.2) is 0 Å². The van der Waals surface area contributed by atoms with Crippen molar-refractivity contribution in [3.8, 4) is 0 Å². The normalized spacial score (nSPS) is 15.4. The Morgan fingerprint density at radius 2 is 0.649 bits per heavy atom. The summed E-state index contributed by atoms with van der Waals surface area (Å²) in [4.78, 5) is 188. The Kier molecular flexibility index (Phi) is 29.6. The van der Waals surface area contributed by atoms with E-state index < -0.39 is 225 Å². The summed E-state index contributed by atoms with van der Waals surface area (Å²) >= 11 is 0. The van der Waals surface area contributed by atoms with Gasteiger partial charge in [-0.15, -0.1) is 0 Å². The number of carbonyl (C=O) groups is 15. The largest absolute Gasteiger partial charge is 0.550 e. The number of hydrogen-bond donors (Lipinski definition) is 12. The molecule has 9 amide bonds. The molecule has 33 heteroatoms. The van der Waals surface area contributed by atoms with E-state index in [2.05, 4.69) is 43.0 Å². The number of quaternary nitrogens is 1. The van der Waals surface area contributed by atoms with E-state index >= 15 is 0 Å². The van der Waals surface area contributed by atoms with E-state index in [9.17, 15) is 113 Å². The van der Waals surface area contributed by atoms with Crippen molar-refractivity contribution in [2.75, 3.05) is 6.61 Å². The van der Waals surface area contributed by atoms with Gasteiger partial charge in [0.05, 0.1) is 24.7 Å². The number of rotatable bonds is 36. The lowest BCUT2D eigenvalue weighted by Crippen LogP contribution is -2.70. The topological polar surface area (TPSA) is 571 Å². The summed E-state index contributed by atoms with van der Waals surface area (Å²) in [6.45, 7) is 7.95. The van der Waals surface area contributed by atoms with E-state index in [-0.39, 0.29) is 0 Å². The lowest BCUT2D eigenvalue weighted by Gasteiger charge is -2.30. The Hall–Kier alpha value is -8.07. The second-order valence-corrected chi connectivity index (χ2v) is 18.5. The summed E-state index contributed by atoms with van der Waals surface area (Å²) in [5, 5.41) is 107. The van der Waals surface area contributed by atoms with Gasteiger partial charge in [0.1, 0.15) is 48.3 Å². The number of carboxylic acids is 6. The molecular weight excluding hydrogens is 1040 g/mol. The Morgan fingerprint density at radius 3 is 1.00 bits per heavy atom. The molecule has 0 fully saturated rings. The Labute approximate surface area is 438 Å². The minimum Gasteiger partial charge on any atom is -0.550 e. The van der Waals surface area contributed by atoms with Crippen LogP contribution in [0.25, 0.3) is 0 Å². The highest BCUT2D eigenvalue weighted by molar-refractivity contribution is 5.99. The van der Waals surface area contributed by atoms with E-state index in [0.29, 0.717) is 0 Å². The van der Waals surface area contributed by atoms with Crippen LogP contribution < -0.4 is 84.2 Å². The molecule has 434 valence electrons. The number of hydrogen-bond acceptors (Lipinski definition) is 23. The highest BCUT2D eigenvalue weighted by atomic mass is 16.4. The third-order valence-electron chi connectivity index (χ3n) is 10.9. The summed E-state index contributed by atoms with van der Waals surface area (Å²) < 4.78 is 0. The molecule has 0 aliphatic rings. The summed E-state index contributed by atoms with van der Waals surface area (Å²) in [7, 11) is 0. The first-order valence-corrected chi connectivity index (χ1v) is 23.6. The SMILES string of the molecule is CC(C)[C@H](NC(=O)[C@H](CO)NC(=O)[C@@H](NC(=O)[C@@H](NC(=O)[C@H](CC(=O)[O-])NC(=O)[C@@H](NC(=O)[C@H](CCC(=O)[O-])NC(=O)[C@H](CCC(=O)[O-])NC(=O)[C@@H]([NH3+])CC(=O)[O-])C(C)C)C(C)C)[C@@H](C)O)C(=O)N[C@@H](CC(=O)[O-])C(=O)[O-]. The molecule has 33 nitrogen and oxygen atoms in total. The van der Waals surface area contributed by atoms with Crippen molar-refractivity contribution in [2.24, 2.45) is 17.8 Å². The molecule has 0 aromatic heterocycles. The molecule has 0 rings (SSSR count). The smallest absolute Gasteiger partial charge is 0.279 e. The van der Waals surface area contributed by atoms with Crippen LogP contribution in [0.3, 0.4) is 0 Å². The van der Waals surface area contributed by atoms with Gasteiger partial charge in [0.15, 0.2) is 6.04 Å². The number of aliphatic hydroxyl groups excluding tert-OH is 2. The highest BCUT2D eigenvalue weighted by Crippen LogP contribution is 2.11. The van der Waals surface area contributed by atoms with Crippen LogP contribution in [0.2, 0.25) is 0 Å². The van der Waals surface area contributed by atoms with Crippen LogP contribution in [0.4, 0.5) is 0 Å². The zero-order valence-corrected chi connectivity index (χ0v) is 42.9. The van der Waals surface area contributed by atoms with E-state index in [0.717, 1.165) is 6.92 Å². The lowest BCUT2D eigenvalue weighted by molar-refractivity contribution is -0.408. The zero-order valence-electron chi connectivity index (χ0n) is 42.9. The molecule has 0 heterocycles. The summed E-state index contributed by atoms with van der Waals surface area (Å²) in [6.07, 6.45) is -8.47. The molecule has 0 aromatic carbocycles. The fourth-order valence-electron chi connectivity index (χ4n) is 6.65. The predicted molar refractivity (Wildman–Crippen MR) is 240 cm³/mol. The van der Waals surface area contributed by atoms with Crippen LogP contribution in [0, 0.1) is 17.8 Å². The molecule has 0 aliphatic heterocycles. The third kappa shape index (κ3) is 25.3. The van der Waals surface area contributed by atoms with Gasteiger partial charge in [0, 0.05) is 49.1 Å². The second-order valence-electron chi connectivity index (χ2n) is 18.5. The number of aliphatic hydroxyl groups is 2. The Bertz CT molecular complexity index is 2190. The van der Waals surface area contributed by atoms with Crippen LogP contribution >= 0.6 is 0 Å². The first-order valence-electron chi connectivity index (χ1n) is 23.6. The average molecular weight is 1100 g/mol. The van der Waals surface area contributed by atoms with E-state index in [1.165, 1.54) is 41.5 Å². The molecule has 0 radical (unpaired) electrons. The molecule has 0 aromatic rings. The molecule has 77 heavy (non-hydrogen) atoms. The van der Waals surface area contributed by atoms with Crippen LogP contribution in [-0.4, -0.2) is 172 Å². The van der Waals surface area contributed by atoms with E-state index in [1.807, 2.05) is 10.6 Å². The van der Waals surface area contributed by atoms with Gasteiger partial charge in [-0.05, 0) is 50.4 Å². The quantitative estimate of drug-likeness (QED) is 0.0277. The molecule has 11 atom stereocenters. The van der Waals surface area contributed by atoms with Crippen molar-refractivity contribution >= 4 is 89.0 Å². The van der Waals surface area contributed by atoms with Gasteiger partial charge in [0.2, 0.25) is 47.3 Å². The fraction of sp³-hybridized carbons (Fsp3) is 0.659. The van der Waals surface area contributed by atoms with Gasteiger partial charge >= 0.3 is 0 Å². The maximum atomic E-state index is 13.7. The molecule has 0 unspecified atom stereocenters. The molecule has 0 bridgehead atoms. The monoisotopic (exact) mass is 1100 g/mol. The first kappa shape index (κ1) is 68.9. The van der Waals surface area contributed by atoms with Gasteiger partial charge in [0.25, 0.3) is 5.91 Å². The Morgan fingerprint density at radius 1 is 0.364 bits per heavy atom. The summed E-state index contributed by atoms with van der Waals surface area (Å²) in [5.41, 5.74) is 3.31. The number of carboxylic acid groups (broad SMARTS) is 6. The maximum Gasteiger partial charge on any atom is 0.279 e. The molecule has 0 aliphatic carbocycles. The van der Waals surface area contributed by atoms with E-state index in [4.69, 9.17) is 0 Å². The number of nitrogens with one attached hydrogen (secondary N) is 9. The van der Waals surface area contributed by atoms with Gasteiger partial charge in [-0.1, -0.05) is 41.5 Å². The number of carbonyl (C=O) groups excluding carboxylic acids is 15. The van der Waals surface area contributed by atoms with Gasteiger partial charge < -0.3 is 123 Å². The molecular formula is C44H65N10O23-5. The predicted octanol–water partition coefficient (Wildman–Crippen LogP) is -15.5. The molecule has 0 saturated carbocycles. The number of amides is 9. The number of aliphatic carboxylic acids is 6. The van der Waals surface area contributed by atoms with Crippen LogP contribution in [0.1, 0.15) is 93.4 Å². The molecule has 0 saturated heterocycles. The van der Waals surface area contributed by atoms with Crippen molar-refractivity contribution in [3.63, 3.8) is 0 Å². The average Bonchev–Trinajstić information content (AvgIpc) is 3.30. The lowest BCUT2D eigenvalue weighted by atomic mass is 9.99. The van der Waals surface area contributed by atoms with Crippen LogP contribution in [0.5, 0.6) is 0 Å². The van der Waals surface area contributed by atoms with Gasteiger partial charge in [-0.3, -0.25) is 43.2 Å². The zero-order chi connectivity index (χ0) is 59.8. The minimum atomic E-state index is -2.12. The highest BCUT2D eigenvalue weighted by Gasteiger charge is 2.38. The second kappa shape index (κ2) is 33.1. The Balaban J connectivity index is 6.51. The molecule has 0 spiro atoms.